The zero-order valence-electron chi connectivity index (χ0n) is 27.4. The number of aromatic nitrogens is 3. The van der Waals surface area contributed by atoms with Crippen LogP contribution in [0.25, 0.3) is 11.0 Å². The summed E-state index contributed by atoms with van der Waals surface area (Å²) in [4.78, 5) is 21.3. The second-order valence-corrected chi connectivity index (χ2v) is 11.9. The van der Waals surface area contributed by atoms with Crippen molar-refractivity contribution in [2.75, 3.05) is 26.1 Å². The molecule has 3 heterocycles. The molecule has 0 spiro atoms. The lowest BCUT2D eigenvalue weighted by atomic mass is 9.80. The first kappa shape index (κ1) is 32.9. The highest BCUT2D eigenvalue weighted by Gasteiger charge is 2.42. The predicted octanol–water partition coefficient (Wildman–Crippen LogP) is 6.50. The van der Waals surface area contributed by atoms with Crippen molar-refractivity contribution < 1.29 is 33.2 Å². The second-order valence-electron chi connectivity index (χ2n) is 11.9. The number of nitrogens with one attached hydrogen (secondary N) is 1. The van der Waals surface area contributed by atoms with E-state index in [-0.39, 0.29) is 29.9 Å². The van der Waals surface area contributed by atoms with E-state index in [1.165, 1.54) is 17.1 Å². The monoisotopic (exact) mass is 674 g/mol. The number of rotatable bonds is 11. The molecule has 11 heteroatoms. The minimum Gasteiger partial charge on any atom is -0.497 e. The fraction of sp³-hybridized carbons (Fsp3) is 0.205. The highest BCUT2D eigenvalue weighted by Crippen LogP contribution is 2.43. The molecule has 1 amide bonds. The van der Waals surface area contributed by atoms with E-state index in [0.717, 1.165) is 16.7 Å². The molecule has 3 atom stereocenters. The number of ether oxygens (including phenoxy) is 4. The van der Waals surface area contributed by atoms with Gasteiger partial charge in [-0.2, -0.15) is 0 Å². The number of hydrogen-bond acceptors (Lipinski definition) is 8. The van der Waals surface area contributed by atoms with Gasteiger partial charge >= 0.3 is 0 Å². The summed E-state index contributed by atoms with van der Waals surface area (Å²) < 4.78 is 41.3. The third-order valence-electron chi connectivity index (χ3n) is 8.98. The van der Waals surface area contributed by atoms with Gasteiger partial charge in [0.25, 0.3) is 5.91 Å². The van der Waals surface area contributed by atoms with Crippen molar-refractivity contribution in [1.29, 1.82) is 0 Å². The molecule has 1 fully saturated rings. The molecule has 254 valence electrons. The third kappa shape index (κ3) is 6.18. The Morgan fingerprint density at radius 1 is 0.880 bits per heavy atom. The summed E-state index contributed by atoms with van der Waals surface area (Å²) in [5.41, 5.74) is 2.03. The van der Waals surface area contributed by atoms with Crippen molar-refractivity contribution in [3.05, 3.63) is 150 Å². The third-order valence-corrected chi connectivity index (χ3v) is 8.98. The number of halogens is 1. The van der Waals surface area contributed by atoms with Crippen molar-refractivity contribution in [3.8, 4) is 11.5 Å². The van der Waals surface area contributed by atoms with Crippen LogP contribution in [0.1, 0.15) is 39.7 Å². The summed E-state index contributed by atoms with van der Waals surface area (Å²) >= 11 is 0. The lowest BCUT2D eigenvalue weighted by molar-refractivity contribution is -0.0930. The molecule has 10 nitrogen and oxygen atoms in total. The normalized spacial score (nSPS) is 17.5. The summed E-state index contributed by atoms with van der Waals surface area (Å²) in [6.07, 6.45) is 0.158. The second kappa shape index (κ2) is 14.1. The highest BCUT2D eigenvalue weighted by atomic mass is 19.1. The minimum absolute atomic E-state index is 0.0142. The quantitative estimate of drug-likeness (QED) is 0.150. The standard InChI is InChI=1S/C39H35FN4O6/c1-47-29-17-13-27(14-18-29)39(26-11-7-4-8-12-26,28-15-19-30(48-2)20-16-28)49-23-33-32(45)21-34(50-33)44-22-31(40)35-36(41-24-42-37(35)44)43-38(46)25-9-5-3-6-10-25/h3-20,22,24,32-34,45H,21,23H2,1-2H3,(H,41,42,43,46)/t32-,33+,34-/m0/s1. The van der Waals surface area contributed by atoms with Crippen LogP contribution in [-0.2, 0) is 15.1 Å². The Kier molecular flexibility index (Phi) is 9.27. The number of carbonyl (C=O) groups is 1. The molecular formula is C39H35FN4O6. The number of carbonyl (C=O) groups excluding carboxylic acids is 1. The molecular weight excluding hydrogens is 639 g/mol. The summed E-state index contributed by atoms with van der Waals surface area (Å²) in [6, 6.07) is 33.7. The van der Waals surface area contributed by atoms with Crippen molar-refractivity contribution in [1.82, 2.24) is 14.5 Å². The first-order chi connectivity index (χ1) is 24.4. The van der Waals surface area contributed by atoms with Crippen LogP contribution in [0.3, 0.4) is 0 Å². The van der Waals surface area contributed by atoms with Crippen LogP contribution in [-0.4, -0.2) is 58.6 Å². The summed E-state index contributed by atoms with van der Waals surface area (Å²) in [5.74, 6) is 0.355. The van der Waals surface area contributed by atoms with E-state index in [4.69, 9.17) is 18.9 Å². The number of aliphatic hydroxyl groups is 1. The average Bonchev–Trinajstić information content (AvgIpc) is 3.72. The van der Waals surface area contributed by atoms with Gasteiger partial charge in [-0.3, -0.25) is 4.79 Å². The SMILES string of the molecule is COc1ccc(C(OC[C@H]2O[C@H](n3cc(F)c4c(NC(=O)c5ccccc5)ncnc43)C[C@@H]2O)(c2ccccc2)c2ccc(OC)cc2)cc1. The molecule has 0 radical (unpaired) electrons. The van der Waals surface area contributed by atoms with Crippen LogP contribution in [0.15, 0.2) is 122 Å². The number of anilines is 1. The van der Waals surface area contributed by atoms with E-state index in [2.05, 4.69) is 15.3 Å². The van der Waals surface area contributed by atoms with Gasteiger partial charge in [0.2, 0.25) is 0 Å². The van der Waals surface area contributed by atoms with Gasteiger partial charge < -0.3 is 33.9 Å². The Hall–Kier alpha value is -5.62. The van der Waals surface area contributed by atoms with E-state index < -0.39 is 35.8 Å². The Labute approximate surface area is 288 Å². The number of benzene rings is 4. The average molecular weight is 675 g/mol. The van der Waals surface area contributed by atoms with E-state index in [9.17, 15) is 9.90 Å². The zero-order valence-corrected chi connectivity index (χ0v) is 27.4. The van der Waals surface area contributed by atoms with Gasteiger partial charge in [-0.25, -0.2) is 14.4 Å². The maximum atomic E-state index is 15.5. The first-order valence-electron chi connectivity index (χ1n) is 16.1. The van der Waals surface area contributed by atoms with Gasteiger partial charge in [0.05, 0.1) is 32.3 Å². The molecule has 1 saturated heterocycles. The van der Waals surface area contributed by atoms with Crippen LogP contribution in [0.2, 0.25) is 0 Å². The molecule has 6 aromatic rings. The van der Waals surface area contributed by atoms with Gasteiger partial charge in [0.1, 0.15) is 41.6 Å². The molecule has 4 aromatic carbocycles. The topological polar surface area (TPSA) is 117 Å². The Morgan fingerprint density at radius 3 is 2.06 bits per heavy atom. The number of fused-ring (bicyclic) bond motifs is 1. The maximum Gasteiger partial charge on any atom is 0.256 e. The highest BCUT2D eigenvalue weighted by molar-refractivity contribution is 6.07. The molecule has 7 rings (SSSR count). The molecule has 2 aromatic heterocycles. The van der Waals surface area contributed by atoms with Gasteiger partial charge in [0, 0.05) is 18.2 Å². The number of hydrogen-bond donors (Lipinski definition) is 2. The van der Waals surface area contributed by atoms with Gasteiger partial charge in [-0.15, -0.1) is 0 Å². The van der Waals surface area contributed by atoms with Crippen LogP contribution in [0.4, 0.5) is 10.2 Å². The summed E-state index contributed by atoms with van der Waals surface area (Å²) in [6.45, 7) is -0.0142. The number of nitrogens with zero attached hydrogens (tertiary/aromatic N) is 3. The fourth-order valence-electron chi connectivity index (χ4n) is 6.44. The zero-order chi connectivity index (χ0) is 34.7. The van der Waals surface area contributed by atoms with Gasteiger partial charge in [-0.05, 0) is 53.1 Å². The van der Waals surface area contributed by atoms with Crippen LogP contribution in [0.5, 0.6) is 11.5 Å². The van der Waals surface area contributed by atoms with E-state index >= 15 is 4.39 Å². The van der Waals surface area contributed by atoms with Crippen molar-refractivity contribution in [2.24, 2.45) is 0 Å². The minimum atomic E-state index is -1.12. The molecule has 50 heavy (non-hydrogen) atoms. The maximum absolute atomic E-state index is 15.5. The van der Waals surface area contributed by atoms with Crippen molar-refractivity contribution in [2.45, 2.75) is 30.5 Å². The lowest BCUT2D eigenvalue weighted by Gasteiger charge is -2.37. The largest absolute Gasteiger partial charge is 0.497 e. The van der Waals surface area contributed by atoms with E-state index in [1.807, 2.05) is 78.9 Å². The van der Waals surface area contributed by atoms with Gasteiger partial charge in [0.15, 0.2) is 11.5 Å². The Morgan fingerprint density at radius 2 is 1.46 bits per heavy atom. The summed E-state index contributed by atoms with van der Waals surface area (Å²) in [7, 11) is 3.23. The van der Waals surface area contributed by atoms with Crippen molar-refractivity contribution in [3.63, 3.8) is 0 Å². The molecule has 0 unspecified atom stereocenters. The molecule has 0 aliphatic carbocycles. The Bertz CT molecular complexity index is 2030. The summed E-state index contributed by atoms with van der Waals surface area (Å²) in [5, 5.41) is 14.0. The lowest BCUT2D eigenvalue weighted by Crippen LogP contribution is -2.38. The fourth-order valence-corrected chi connectivity index (χ4v) is 6.44. The molecule has 0 saturated carbocycles. The number of amides is 1. The van der Waals surface area contributed by atoms with E-state index in [1.54, 1.807) is 44.6 Å². The van der Waals surface area contributed by atoms with Crippen LogP contribution < -0.4 is 14.8 Å². The van der Waals surface area contributed by atoms with Gasteiger partial charge in [-0.1, -0.05) is 72.8 Å². The molecule has 0 bridgehead atoms. The number of aliphatic hydroxyl groups excluding tert-OH is 1. The molecule has 1 aliphatic heterocycles. The molecule has 1 aliphatic rings. The first-order valence-corrected chi connectivity index (χ1v) is 16.1. The smallest absolute Gasteiger partial charge is 0.256 e. The number of methoxy groups -OCH3 is 2. The van der Waals surface area contributed by atoms with Crippen LogP contribution >= 0.6 is 0 Å². The van der Waals surface area contributed by atoms with Crippen molar-refractivity contribution >= 4 is 22.8 Å². The predicted molar refractivity (Wildman–Crippen MR) is 185 cm³/mol. The van der Waals surface area contributed by atoms with Crippen LogP contribution in [0, 0.1) is 5.82 Å². The van der Waals surface area contributed by atoms with E-state index in [0.29, 0.717) is 17.1 Å². The Balaban J connectivity index is 1.19. The molecule has 2 N–H and O–H groups in total.